The van der Waals surface area contributed by atoms with E-state index in [0.717, 1.165) is 25.3 Å². The van der Waals surface area contributed by atoms with E-state index < -0.39 is 11.5 Å². The van der Waals surface area contributed by atoms with E-state index >= 15 is 0 Å². The summed E-state index contributed by atoms with van der Waals surface area (Å²) >= 11 is 0. The summed E-state index contributed by atoms with van der Waals surface area (Å²) in [5.74, 6) is 0.125. The van der Waals surface area contributed by atoms with Gasteiger partial charge in [-0.1, -0.05) is 6.92 Å². The van der Waals surface area contributed by atoms with Crippen molar-refractivity contribution < 1.29 is 9.90 Å². The van der Waals surface area contributed by atoms with E-state index in [0.29, 0.717) is 6.42 Å². The molecular weight excluding hydrogens is 264 g/mol. The molecule has 0 aromatic heterocycles. The Labute approximate surface area is 130 Å². The van der Waals surface area contributed by atoms with E-state index in [1.165, 1.54) is 32.4 Å². The molecule has 2 atom stereocenters. The highest BCUT2D eigenvalue weighted by Gasteiger charge is 2.32. The van der Waals surface area contributed by atoms with Crippen LogP contribution >= 0.6 is 0 Å². The SMILES string of the molecule is CC1CCCN(CCCCC(C)(NC(C)C)C(=O)O)CC1. The Balaban J connectivity index is 2.29. The zero-order valence-corrected chi connectivity index (χ0v) is 14.3. The van der Waals surface area contributed by atoms with E-state index in [1.807, 2.05) is 20.8 Å². The highest BCUT2D eigenvalue weighted by Crippen LogP contribution is 2.19. The van der Waals surface area contributed by atoms with Crippen LogP contribution in [0.2, 0.25) is 0 Å². The maximum absolute atomic E-state index is 11.5. The fourth-order valence-electron chi connectivity index (χ4n) is 3.24. The van der Waals surface area contributed by atoms with Crippen LogP contribution in [-0.4, -0.2) is 47.2 Å². The van der Waals surface area contributed by atoms with Crippen LogP contribution in [0.3, 0.4) is 0 Å². The van der Waals surface area contributed by atoms with Crippen LogP contribution in [0.15, 0.2) is 0 Å². The topological polar surface area (TPSA) is 52.6 Å². The number of carboxylic acids is 1. The Bertz CT molecular complexity index is 320. The van der Waals surface area contributed by atoms with Crippen molar-refractivity contribution in [2.24, 2.45) is 5.92 Å². The van der Waals surface area contributed by atoms with Crippen molar-refractivity contribution in [2.75, 3.05) is 19.6 Å². The smallest absolute Gasteiger partial charge is 0.323 e. The molecule has 2 N–H and O–H groups in total. The van der Waals surface area contributed by atoms with Crippen molar-refractivity contribution >= 4 is 5.97 Å². The molecule has 0 amide bonds. The van der Waals surface area contributed by atoms with Crippen molar-refractivity contribution in [2.45, 2.75) is 77.8 Å². The number of nitrogens with zero attached hydrogens (tertiary/aromatic N) is 1. The molecule has 2 unspecified atom stereocenters. The third kappa shape index (κ3) is 6.79. The van der Waals surface area contributed by atoms with Crippen molar-refractivity contribution in [3.63, 3.8) is 0 Å². The molecule has 0 aromatic rings. The number of unbranched alkanes of at least 4 members (excludes halogenated alkanes) is 1. The summed E-state index contributed by atoms with van der Waals surface area (Å²) in [6.07, 6.45) is 6.73. The van der Waals surface area contributed by atoms with Gasteiger partial charge in [0.15, 0.2) is 0 Å². The minimum atomic E-state index is -0.790. The van der Waals surface area contributed by atoms with Crippen LogP contribution in [0.1, 0.15) is 66.2 Å². The minimum absolute atomic E-state index is 0.193. The molecule has 0 radical (unpaired) electrons. The summed E-state index contributed by atoms with van der Waals surface area (Å²) in [7, 11) is 0. The van der Waals surface area contributed by atoms with Crippen molar-refractivity contribution in [1.82, 2.24) is 10.2 Å². The first-order valence-corrected chi connectivity index (χ1v) is 8.57. The second-order valence-corrected chi connectivity index (χ2v) is 7.27. The van der Waals surface area contributed by atoms with Gasteiger partial charge in [-0.25, -0.2) is 0 Å². The molecule has 4 heteroatoms. The molecule has 1 fully saturated rings. The number of likely N-dealkylation sites (tertiary alicyclic amines) is 1. The molecule has 0 bridgehead atoms. The number of hydrogen-bond donors (Lipinski definition) is 2. The third-order valence-corrected chi connectivity index (χ3v) is 4.59. The molecule has 0 saturated carbocycles. The highest BCUT2D eigenvalue weighted by molar-refractivity contribution is 5.78. The van der Waals surface area contributed by atoms with Gasteiger partial charge in [0.05, 0.1) is 0 Å². The quantitative estimate of drug-likeness (QED) is 0.676. The summed E-state index contributed by atoms with van der Waals surface area (Å²) in [4.78, 5) is 14.0. The second-order valence-electron chi connectivity index (χ2n) is 7.27. The Morgan fingerprint density at radius 3 is 2.67 bits per heavy atom. The maximum Gasteiger partial charge on any atom is 0.323 e. The molecule has 0 aliphatic carbocycles. The number of carbonyl (C=O) groups is 1. The van der Waals surface area contributed by atoms with E-state index in [4.69, 9.17) is 0 Å². The first-order valence-electron chi connectivity index (χ1n) is 8.57. The summed E-state index contributed by atoms with van der Waals surface area (Å²) in [5.41, 5.74) is -0.790. The maximum atomic E-state index is 11.5. The lowest BCUT2D eigenvalue weighted by molar-refractivity contribution is -0.144. The van der Waals surface area contributed by atoms with Crippen LogP contribution in [-0.2, 0) is 4.79 Å². The number of aliphatic carboxylic acids is 1. The average Bonchev–Trinajstić information content (AvgIpc) is 2.58. The van der Waals surface area contributed by atoms with Gasteiger partial charge in [0.25, 0.3) is 0 Å². The molecule has 0 spiro atoms. The lowest BCUT2D eigenvalue weighted by atomic mass is 9.94. The van der Waals surface area contributed by atoms with Crippen LogP contribution in [0, 0.1) is 5.92 Å². The van der Waals surface area contributed by atoms with Crippen molar-refractivity contribution in [1.29, 1.82) is 0 Å². The molecule has 1 heterocycles. The predicted octanol–water partition coefficient (Wildman–Crippen LogP) is 3.12. The number of rotatable bonds is 8. The molecule has 0 aromatic carbocycles. The standard InChI is InChI=1S/C17H34N2O2/c1-14(2)18-17(4,16(20)21)10-5-6-11-19-12-7-8-15(3)9-13-19/h14-15,18H,5-13H2,1-4H3,(H,20,21). The van der Waals surface area contributed by atoms with Gasteiger partial charge in [-0.15, -0.1) is 0 Å². The Kier molecular flexibility index (Phi) is 7.67. The van der Waals surface area contributed by atoms with E-state index in [2.05, 4.69) is 17.1 Å². The number of hydrogen-bond acceptors (Lipinski definition) is 3. The first kappa shape index (κ1) is 18.4. The lowest BCUT2D eigenvalue weighted by Gasteiger charge is -2.29. The van der Waals surface area contributed by atoms with Gasteiger partial charge in [0.1, 0.15) is 5.54 Å². The van der Waals surface area contributed by atoms with Crippen molar-refractivity contribution in [3.8, 4) is 0 Å². The molecule has 21 heavy (non-hydrogen) atoms. The summed E-state index contributed by atoms with van der Waals surface area (Å²) in [6, 6.07) is 0.193. The fraction of sp³-hybridized carbons (Fsp3) is 0.941. The highest BCUT2D eigenvalue weighted by atomic mass is 16.4. The van der Waals surface area contributed by atoms with Crippen molar-refractivity contribution in [3.05, 3.63) is 0 Å². The van der Waals surface area contributed by atoms with Gasteiger partial charge in [-0.2, -0.15) is 0 Å². The predicted molar refractivity (Wildman–Crippen MR) is 87.6 cm³/mol. The first-order chi connectivity index (χ1) is 9.83. The summed E-state index contributed by atoms with van der Waals surface area (Å²) < 4.78 is 0. The van der Waals surface area contributed by atoms with Gasteiger partial charge >= 0.3 is 5.97 Å². The molecule has 1 aliphatic rings. The fourth-order valence-corrected chi connectivity index (χ4v) is 3.24. The number of carboxylic acid groups (broad SMARTS) is 1. The minimum Gasteiger partial charge on any atom is -0.480 e. The largest absolute Gasteiger partial charge is 0.480 e. The molecule has 4 nitrogen and oxygen atoms in total. The Morgan fingerprint density at radius 1 is 1.33 bits per heavy atom. The van der Waals surface area contributed by atoms with Gasteiger partial charge in [0.2, 0.25) is 0 Å². The monoisotopic (exact) mass is 298 g/mol. The van der Waals surface area contributed by atoms with Crippen LogP contribution in [0.5, 0.6) is 0 Å². The van der Waals surface area contributed by atoms with Crippen LogP contribution in [0.4, 0.5) is 0 Å². The third-order valence-electron chi connectivity index (χ3n) is 4.59. The van der Waals surface area contributed by atoms with Crippen LogP contribution in [0.25, 0.3) is 0 Å². The zero-order valence-electron chi connectivity index (χ0n) is 14.3. The van der Waals surface area contributed by atoms with E-state index in [-0.39, 0.29) is 6.04 Å². The Morgan fingerprint density at radius 2 is 2.05 bits per heavy atom. The molecule has 1 aliphatic heterocycles. The van der Waals surface area contributed by atoms with Gasteiger partial charge < -0.3 is 10.0 Å². The molecular formula is C17H34N2O2. The molecule has 1 rings (SSSR count). The average molecular weight is 298 g/mol. The van der Waals surface area contributed by atoms with E-state index in [9.17, 15) is 9.90 Å². The van der Waals surface area contributed by atoms with Crippen LogP contribution < -0.4 is 5.32 Å². The number of nitrogens with one attached hydrogen (secondary N) is 1. The second kappa shape index (κ2) is 8.74. The molecule has 1 saturated heterocycles. The summed E-state index contributed by atoms with van der Waals surface area (Å²) in [5, 5.41) is 12.6. The lowest BCUT2D eigenvalue weighted by Crippen LogP contribution is -2.52. The normalized spacial score (nSPS) is 23.8. The zero-order chi connectivity index (χ0) is 15.9. The summed E-state index contributed by atoms with van der Waals surface area (Å²) in [6.45, 7) is 11.7. The molecule has 124 valence electrons. The van der Waals surface area contributed by atoms with Gasteiger partial charge in [0, 0.05) is 6.04 Å². The Hall–Kier alpha value is -0.610. The van der Waals surface area contributed by atoms with E-state index in [1.54, 1.807) is 0 Å². The van der Waals surface area contributed by atoms with Gasteiger partial charge in [-0.3, -0.25) is 10.1 Å². The van der Waals surface area contributed by atoms with Gasteiger partial charge in [-0.05, 0) is 84.8 Å².